The summed E-state index contributed by atoms with van der Waals surface area (Å²) in [6, 6.07) is 5.90. The summed E-state index contributed by atoms with van der Waals surface area (Å²) in [5, 5.41) is 12.6. The summed E-state index contributed by atoms with van der Waals surface area (Å²) in [6.07, 6.45) is -0.676. The number of ether oxygens (including phenoxy) is 2. The van der Waals surface area contributed by atoms with E-state index in [1.54, 1.807) is 6.92 Å². The van der Waals surface area contributed by atoms with Gasteiger partial charge < -0.3 is 19.9 Å². The number of carbonyl (C=O) groups is 1. The van der Waals surface area contributed by atoms with E-state index in [2.05, 4.69) is 11.4 Å². The molecule has 20 heavy (non-hydrogen) atoms. The zero-order chi connectivity index (χ0) is 15.0. The minimum atomic E-state index is -0.676. The van der Waals surface area contributed by atoms with E-state index in [4.69, 9.17) is 9.47 Å². The Morgan fingerprint density at radius 3 is 2.55 bits per heavy atom. The van der Waals surface area contributed by atoms with E-state index in [1.165, 1.54) is 0 Å². The summed E-state index contributed by atoms with van der Waals surface area (Å²) in [4.78, 5) is 11.1. The van der Waals surface area contributed by atoms with E-state index in [1.807, 2.05) is 26.0 Å². The number of nitrogens with one attached hydrogen (secondary N) is 1. The zero-order valence-electron chi connectivity index (χ0n) is 12.3. The molecule has 112 valence electrons. The quantitative estimate of drug-likeness (QED) is 0.701. The third kappa shape index (κ3) is 6.54. The van der Waals surface area contributed by atoms with Crippen molar-refractivity contribution in [1.82, 2.24) is 5.32 Å². The number of aryl methyl sites for hydroxylation is 2. The molecule has 2 N–H and O–H groups in total. The number of rotatable bonds is 8. The second-order valence-electron chi connectivity index (χ2n) is 4.72. The maximum Gasteiger partial charge on any atom is 0.319 e. The van der Waals surface area contributed by atoms with E-state index in [0.717, 1.165) is 16.9 Å². The second-order valence-corrected chi connectivity index (χ2v) is 4.72. The van der Waals surface area contributed by atoms with Gasteiger partial charge in [-0.2, -0.15) is 0 Å². The smallest absolute Gasteiger partial charge is 0.319 e. The highest BCUT2D eigenvalue weighted by Crippen LogP contribution is 2.16. The lowest BCUT2D eigenvalue weighted by Gasteiger charge is -2.13. The third-order valence-corrected chi connectivity index (χ3v) is 2.59. The fraction of sp³-hybridized carbons (Fsp3) is 0.533. The number of aliphatic hydroxyl groups is 1. The first-order valence-corrected chi connectivity index (χ1v) is 6.76. The van der Waals surface area contributed by atoms with Crippen LogP contribution in [0.5, 0.6) is 5.75 Å². The summed E-state index contributed by atoms with van der Waals surface area (Å²) in [5.74, 6) is 0.418. The Labute approximate surface area is 119 Å². The molecule has 0 heterocycles. The van der Waals surface area contributed by atoms with Crippen LogP contribution in [0.4, 0.5) is 0 Å². The van der Waals surface area contributed by atoms with Crippen LogP contribution >= 0.6 is 0 Å². The number of hydrogen-bond donors (Lipinski definition) is 2. The molecule has 0 saturated carbocycles. The largest absolute Gasteiger partial charge is 0.491 e. The molecular formula is C15H23NO4. The molecule has 5 nitrogen and oxygen atoms in total. The Morgan fingerprint density at radius 2 is 1.95 bits per heavy atom. The van der Waals surface area contributed by atoms with Gasteiger partial charge in [-0.15, -0.1) is 0 Å². The Morgan fingerprint density at radius 1 is 1.30 bits per heavy atom. The maximum absolute atomic E-state index is 11.1. The molecule has 0 aliphatic rings. The Kier molecular flexibility index (Phi) is 7.04. The van der Waals surface area contributed by atoms with Crippen molar-refractivity contribution in [2.75, 3.05) is 26.3 Å². The van der Waals surface area contributed by atoms with E-state index in [9.17, 15) is 9.90 Å². The number of esters is 1. The van der Waals surface area contributed by atoms with Gasteiger partial charge >= 0.3 is 5.97 Å². The summed E-state index contributed by atoms with van der Waals surface area (Å²) in [5.41, 5.74) is 2.24. The van der Waals surface area contributed by atoms with E-state index < -0.39 is 6.10 Å². The fourth-order valence-corrected chi connectivity index (χ4v) is 1.82. The summed E-state index contributed by atoms with van der Waals surface area (Å²) < 4.78 is 10.3. The van der Waals surface area contributed by atoms with Crippen LogP contribution in [0.1, 0.15) is 18.1 Å². The van der Waals surface area contributed by atoms with Gasteiger partial charge in [0, 0.05) is 6.54 Å². The maximum atomic E-state index is 11.1. The minimum Gasteiger partial charge on any atom is -0.491 e. The molecule has 1 unspecified atom stereocenters. The molecule has 0 radical (unpaired) electrons. The molecule has 0 spiro atoms. The Hall–Kier alpha value is -1.59. The van der Waals surface area contributed by atoms with Crippen LogP contribution in [0.3, 0.4) is 0 Å². The normalized spacial score (nSPS) is 12.0. The van der Waals surface area contributed by atoms with Gasteiger partial charge in [-0.05, 0) is 44.0 Å². The average Bonchev–Trinajstić information content (AvgIpc) is 2.35. The zero-order valence-corrected chi connectivity index (χ0v) is 12.3. The van der Waals surface area contributed by atoms with Gasteiger partial charge in [-0.1, -0.05) is 6.07 Å². The minimum absolute atomic E-state index is 0.0917. The molecule has 1 rings (SSSR count). The highest BCUT2D eigenvalue weighted by atomic mass is 16.5. The lowest BCUT2D eigenvalue weighted by Crippen LogP contribution is -2.35. The van der Waals surface area contributed by atoms with Crippen molar-refractivity contribution in [2.24, 2.45) is 0 Å². The highest BCUT2D eigenvalue weighted by molar-refractivity contribution is 5.71. The van der Waals surface area contributed by atoms with Gasteiger partial charge in [-0.25, -0.2) is 0 Å². The number of benzene rings is 1. The van der Waals surface area contributed by atoms with Gasteiger partial charge in [0.25, 0.3) is 0 Å². The molecule has 1 aromatic carbocycles. The molecule has 0 bridgehead atoms. The van der Waals surface area contributed by atoms with E-state index in [0.29, 0.717) is 6.61 Å². The van der Waals surface area contributed by atoms with Crippen LogP contribution in [-0.2, 0) is 9.53 Å². The summed E-state index contributed by atoms with van der Waals surface area (Å²) in [7, 11) is 0. The number of aliphatic hydroxyl groups excluding tert-OH is 1. The van der Waals surface area contributed by atoms with Crippen molar-refractivity contribution in [3.05, 3.63) is 29.3 Å². The topological polar surface area (TPSA) is 67.8 Å². The highest BCUT2D eigenvalue weighted by Gasteiger charge is 2.07. The Bertz CT molecular complexity index is 414. The van der Waals surface area contributed by atoms with Gasteiger partial charge in [0.1, 0.15) is 18.5 Å². The summed E-state index contributed by atoms with van der Waals surface area (Å²) >= 11 is 0. The number of carbonyl (C=O) groups excluding carboxylic acids is 1. The van der Waals surface area contributed by atoms with Gasteiger partial charge in [0.15, 0.2) is 0 Å². The molecule has 0 aromatic heterocycles. The monoisotopic (exact) mass is 281 g/mol. The standard InChI is InChI=1S/C15H23NO4/c1-4-19-15(18)9-16-8-13(17)10-20-14-6-11(2)5-12(3)7-14/h5-7,13,16-17H,4,8-10H2,1-3H3. The van der Waals surface area contributed by atoms with Crippen LogP contribution < -0.4 is 10.1 Å². The van der Waals surface area contributed by atoms with Crippen LogP contribution in [0.15, 0.2) is 18.2 Å². The van der Waals surface area contributed by atoms with E-state index in [-0.39, 0.29) is 25.7 Å². The van der Waals surface area contributed by atoms with Crippen LogP contribution in [0.2, 0.25) is 0 Å². The predicted octanol–water partition coefficient (Wildman–Crippen LogP) is 1.20. The van der Waals surface area contributed by atoms with Gasteiger partial charge in [-0.3, -0.25) is 4.79 Å². The third-order valence-electron chi connectivity index (χ3n) is 2.59. The van der Waals surface area contributed by atoms with Crippen molar-refractivity contribution >= 4 is 5.97 Å². The molecule has 0 fully saturated rings. The van der Waals surface area contributed by atoms with Gasteiger partial charge in [0.2, 0.25) is 0 Å². The average molecular weight is 281 g/mol. The number of hydrogen-bond acceptors (Lipinski definition) is 5. The van der Waals surface area contributed by atoms with Crippen molar-refractivity contribution in [3.63, 3.8) is 0 Å². The predicted molar refractivity (Wildman–Crippen MR) is 76.9 cm³/mol. The molecule has 0 aliphatic heterocycles. The van der Waals surface area contributed by atoms with E-state index >= 15 is 0 Å². The van der Waals surface area contributed by atoms with Gasteiger partial charge in [0.05, 0.1) is 13.2 Å². The molecule has 5 heteroatoms. The summed E-state index contributed by atoms with van der Waals surface area (Å²) in [6.45, 7) is 6.66. The molecule has 0 aliphatic carbocycles. The lowest BCUT2D eigenvalue weighted by molar-refractivity contribution is -0.142. The van der Waals surface area contributed by atoms with Crippen molar-refractivity contribution in [1.29, 1.82) is 0 Å². The van der Waals surface area contributed by atoms with Crippen molar-refractivity contribution < 1.29 is 19.4 Å². The van der Waals surface area contributed by atoms with Crippen molar-refractivity contribution in [2.45, 2.75) is 26.9 Å². The van der Waals surface area contributed by atoms with Crippen molar-refractivity contribution in [3.8, 4) is 5.75 Å². The van der Waals surface area contributed by atoms with Crippen LogP contribution in [-0.4, -0.2) is 43.5 Å². The lowest BCUT2D eigenvalue weighted by atomic mass is 10.1. The molecule has 0 saturated heterocycles. The molecule has 0 amide bonds. The first-order chi connectivity index (χ1) is 9.51. The SMILES string of the molecule is CCOC(=O)CNCC(O)COc1cc(C)cc(C)c1. The fourth-order valence-electron chi connectivity index (χ4n) is 1.82. The first-order valence-electron chi connectivity index (χ1n) is 6.76. The van der Waals surface area contributed by atoms with Crippen LogP contribution in [0.25, 0.3) is 0 Å². The Balaban J connectivity index is 2.25. The second kappa shape index (κ2) is 8.55. The molecule has 1 aromatic rings. The molecule has 1 atom stereocenters. The molecular weight excluding hydrogens is 258 g/mol. The first kappa shape index (κ1) is 16.5. The van der Waals surface area contributed by atoms with Crippen LogP contribution in [0, 0.1) is 13.8 Å².